The van der Waals surface area contributed by atoms with E-state index in [2.05, 4.69) is 26.1 Å². The van der Waals surface area contributed by atoms with Crippen LogP contribution in [-0.2, 0) is 4.74 Å². The first kappa shape index (κ1) is 14.3. The van der Waals surface area contributed by atoms with Gasteiger partial charge >= 0.3 is 0 Å². The van der Waals surface area contributed by atoms with Crippen molar-refractivity contribution < 1.29 is 4.74 Å². The molecule has 1 aliphatic carbocycles. The second-order valence-electron chi connectivity index (χ2n) is 7.42. The number of hydrogen-bond donors (Lipinski definition) is 1. The molecular weight excluding hydrogens is 222 g/mol. The predicted molar refractivity (Wildman–Crippen MR) is 76.9 cm³/mol. The Bertz CT molecular complexity index is 245. The first-order valence-electron chi connectivity index (χ1n) is 7.88. The van der Waals surface area contributed by atoms with Crippen molar-refractivity contribution in [3.05, 3.63) is 0 Å². The number of hydrogen-bond acceptors (Lipinski definition) is 2. The maximum atomic E-state index is 6.16. The zero-order valence-corrected chi connectivity index (χ0v) is 12.6. The van der Waals surface area contributed by atoms with Crippen LogP contribution in [0, 0.1) is 5.92 Å². The number of rotatable bonds is 3. The van der Waals surface area contributed by atoms with Gasteiger partial charge in [-0.2, -0.15) is 0 Å². The Morgan fingerprint density at radius 2 is 1.89 bits per heavy atom. The molecule has 106 valence electrons. The molecule has 2 rings (SSSR count). The fraction of sp³-hybridized carbons (Fsp3) is 1.00. The third kappa shape index (κ3) is 4.24. The van der Waals surface area contributed by atoms with E-state index in [1.807, 2.05) is 0 Å². The van der Waals surface area contributed by atoms with Crippen molar-refractivity contribution in [3.8, 4) is 0 Å². The Balaban J connectivity index is 1.76. The van der Waals surface area contributed by atoms with E-state index in [1.165, 1.54) is 51.4 Å². The molecule has 1 saturated carbocycles. The Hall–Kier alpha value is -0.0800. The summed E-state index contributed by atoms with van der Waals surface area (Å²) in [5, 5.41) is 3.62. The van der Waals surface area contributed by atoms with E-state index in [1.54, 1.807) is 0 Å². The van der Waals surface area contributed by atoms with E-state index < -0.39 is 0 Å². The van der Waals surface area contributed by atoms with Gasteiger partial charge in [-0.25, -0.2) is 0 Å². The minimum absolute atomic E-state index is 0.258. The summed E-state index contributed by atoms with van der Waals surface area (Å²) in [4.78, 5) is 0. The third-order valence-corrected chi connectivity index (χ3v) is 4.57. The van der Waals surface area contributed by atoms with Crippen molar-refractivity contribution in [1.82, 2.24) is 5.32 Å². The fourth-order valence-electron chi connectivity index (χ4n) is 3.57. The molecule has 0 aromatic rings. The Kier molecular flexibility index (Phi) is 4.71. The first-order valence-corrected chi connectivity index (χ1v) is 7.88. The normalized spacial score (nSPS) is 28.5. The number of ether oxygens (including phenoxy) is 1. The summed E-state index contributed by atoms with van der Waals surface area (Å²) < 4.78 is 6.16. The molecule has 18 heavy (non-hydrogen) atoms. The minimum Gasteiger partial charge on any atom is -0.375 e. The highest BCUT2D eigenvalue weighted by molar-refractivity contribution is 4.89. The molecule has 2 nitrogen and oxygen atoms in total. The summed E-state index contributed by atoms with van der Waals surface area (Å²) in [5.74, 6) is 0.881. The van der Waals surface area contributed by atoms with Crippen LogP contribution in [0.25, 0.3) is 0 Å². The maximum Gasteiger partial charge on any atom is 0.0685 e. The molecule has 0 bridgehead atoms. The van der Waals surface area contributed by atoms with Crippen LogP contribution in [0.4, 0.5) is 0 Å². The molecule has 1 atom stereocenters. The molecule has 0 amide bonds. The molecule has 2 heteroatoms. The molecule has 0 aromatic heterocycles. The van der Waals surface area contributed by atoms with Crippen molar-refractivity contribution in [2.75, 3.05) is 13.2 Å². The zero-order chi connectivity index (χ0) is 13.1. The summed E-state index contributed by atoms with van der Waals surface area (Å²) in [6, 6.07) is 0. The molecular formula is C16H31NO. The summed E-state index contributed by atoms with van der Waals surface area (Å²) in [6.07, 6.45) is 10.7. The smallest absolute Gasteiger partial charge is 0.0685 e. The molecule has 1 heterocycles. The van der Waals surface area contributed by atoms with Crippen molar-refractivity contribution in [2.24, 2.45) is 5.92 Å². The molecule has 1 N–H and O–H groups in total. The molecule has 1 saturated heterocycles. The van der Waals surface area contributed by atoms with Gasteiger partial charge in [-0.15, -0.1) is 0 Å². The highest BCUT2D eigenvalue weighted by Crippen LogP contribution is 2.41. The van der Waals surface area contributed by atoms with E-state index in [-0.39, 0.29) is 11.1 Å². The molecule has 0 radical (unpaired) electrons. The molecule has 2 fully saturated rings. The summed E-state index contributed by atoms with van der Waals surface area (Å²) >= 11 is 0. The van der Waals surface area contributed by atoms with Gasteiger partial charge in [-0.3, -0.25) is 0 Å². The summed E-state index contributed by atoms with van der Waals surface area (Å²) in [5.41, 5.74) is 0.538. The third-order valence-electron chi connectivity index (χ3n) is 4.57. The zero-order valence-electron chi connectivity index (χ0n) is 12.6. The predicted octanol–water partition coefficient (Wildman–Crippen LogP) is 3.89. The van der Waals surface area contributed by atoms with Crippen LogP contribution >= 0.6 is 0 Å². The van der Waals surface area contributed by atoms with E-state index in [4.69, 9.17) is 4.74 Å². The van der Waals surface area contributed by atoms with Crippen LogP contribution in [0.15, 0.2) is 0 Å². The fourth-order valence-corrected chi connectivity index (χ4v) is 3.57. The minimum atomic E-state index is 0.258. The van der Waals surface area contributed by atoms with Crippen LogP contribution in [0.3, 0.4) is 0 Å². The Labute approximate surface area is 113 Å². The summed E-state index contributed by atoms with van der Waals surface area (Å²) in [6.45, 7) is 8.91. The standard InChI is InChI=1S/C16H31NO/c1-15(2,3)17-11-7-14-8-12-18-16(13-14)9-5-4-6-10-16/h14,17H,4-13H2,1-3H3. The molecule has 1 spiro atoms. The highest BCUT2D eigenvalue weighted by atomic mass is 16.5. The monoisotopic (exact) mass is 253 g/mol. The lowest BCUT2D eigenvalue weighted by Crippen LogP contribution is -2.43. The average molecular weight is 253 g/mol. The number of nitrogens with one attached hydrogen (secondary N) is 1. The van der Waals surface area contributed by atoms with Crippen LogP contribution in [0.2, 0.25) is 0 Å². The van der Waals surface area contributed by atoms with E-state index in [0.717, 1.165) is 19.1 Å². The molecule has 1 aliphatic heterocycles. The topological polar surface area (TPSA) is 21.3 Å². The largest absolute Gasteiger partial charge is 0.375 e. The second kappa shape index (κ2) is 5.92. The Morgan fingerprint density at radius 3 is 2.56 bits per heavy atom. The van der Waals surface area contributed by atoms with Crippen LogP contribution < -0.4 is 5.32 Å². The van der Waals surface area contributed by atoms with Gasteiger partial charge in [0.05, 0.1) is 5.60 Å². The van der Waals surface area contributed by atoms with Gasteiger partial charge in [0, 0.05) is 12.1 Å². The van der Waals surface area contributed by atoms with Crippen LogP contribution in [0.5, 0.6) is 0 Å². The quantitative estimate of drug-likeness (QED) is 0.824. The Morgan fingerprint density at radius 1 is 1.17 bits per heavy atom. The van der Waals surface area contributed by atoms with E-state index >= 15 is 0 Å². The SMILES string of the molecule is CC(C)(C)NCCC1CCOC2(CCCCC2)C1. The van der Waals surface area contributed by atoms with Gasteiger partial charge in [-0.1, -0.05) is 19.3 Å². The lowest BCUT2D eigenvalue weighted by atomic mass is 9.75. The first-order chi connectivity index (χ1) is 8.49. The summed E-state index contributed by atoms with van der Waals surface area (Å²) in [7, 11) is 0. The maximum absolute atomic E-state index is 6.16. The highest BCUT2D eigenvalue weighted by Gasteiger charge is 2.38. The second-order valence-corrected chi connectivity index (χ2v) is 7.42. The van der Waals surface area contributed by atoms with Crippen molar-refractivity contribution in [3.63, 3.8) is 0 Å². The lowest BCUT2D eigenvalue weighted by Gasteiger charge is -2.43. The van der Waals surface area contributed by atoms with Gasteiger partial charge in [-0.05, 0) is 65.3 Å². The molecule has 2 aliphatic rings. The van der Waals surface area contributed by atoms with E-state index in [9.17, 15) is 0 Å². The van der Waals surface area contributed by atoms with Crippen LogP contribution in [-0.4, -0.2) is 24.3 Å². The molecule has 0 aromatic carbocycles. The van der Waals surface area contributed by atoms with Crippen LogP contribution in [0.1, 0.15) is 72.1 Å². The van der Waals surface area contributed by atoms with Gasteiger partial charge < -0.3 is 10.1 Å². The van der Waals surface area contributed by atoms with Gasteiger partial charge in [0.1, 0.15) is 0 Å². The van der Waals surface area contributed by atoms with Gasteiger partial charge in [0.15, 0.2) is 0 Å². The van der Waals surface area contributed by atoms with Crippen molar-refractivity contribution in [2.45, 2.75) is 83.3 Å². The average Bonchev–Trinajstić information content (AvgIpc) is 2.28. The van der Waals surface area contributed by atoms with Crippen molar-refractivity contribution >= 4 is 0 Å². The van der Waals surface area contributed by atoms with Crippen molar-refractivity contribution in [1.29, 1.82) is 0 Å². The van der Waals surface area contributed by atoms with E-state index in [0.29, 0.717) is 0 Å². The molecule has 1 unspecified atom stereocenters. The lowest BCUT2D eigenvalue weighted by molar-refractivity contribution is -0.118. The van der Waals surface area contributed by atoms with Gasteiger partial charge in [0.2, 0.25) is 0 Å². The van der Waals surface area contributed by atoms with Gasteiger partial charge in [0.25, 0.3) is 0 Å².